The maximum Gasteiger partial charge on any atom is 0.272 e. The third kappa shape index (κ3) is 3.87. The van der Waals surface area contributed by atoms with E-state index in [1.807, 2.05) is 18.2 Å². The van der Waals surface area contributed by atoms with Gasteiger partial charge in [0, 0.05) is 38.6 Å². The summed E-state index contributed by atoms with van der Waals surface area (Å²) in [5.41, 5.74) is 0.442. The minimum absolute atomic E-state index is 0.119. The lowest BCUT2D eigenvalue weighted by Crippen LogP contribution is -2.37. The average molecular weight is 315 g/mol. The molecular formula is C16H21N5O2. The van der Waals surface area contributed by atoms with Gasteiger partial charge in [-0.3, -0.25) is 9.48 Å². The summed E-state index contributed by atoms with van der Waals surface area (Å²) in [6.45, 7) is 2.88. The van der Waals surface area contributed by atoms with Gasteiger partial charge in [-0.25, -0.2) is 4.98 Å². The number of methoxy groups -OCH3 is 1. The fraction of sp³-hybridized carbons (Fsp3) is 0.438. The van der Waals surface area contributed by atoms with Crippen molar-refractivity contribution in [3.63, 3.8) is 0 Å². The van der Waals surface area contributed by atoms with Crippen LogP contribution in [0.15, 0.2) is 36.7 Å². The van der Waals surface area contributed by atoms with E-state index in [0.29, 0.717) is 18.8 Å². The molecule has 3 heterocycles. The summed E-state index contributed by atoms with van der Waals surface area (Å²) in [5, 5.41) is 7.31. The van der Waals surface area contributed by atoms with Crippen LogP contribution < -0.4 is 10.2 Å². The van der Waals surface area contributed by atoms with E-state index in [1.165, 1.54) is 0 Å². The topological polar surface area (TPSA) is 72.3 Å². The summed E-state index contributed by atoms with van der Waals surface area (Å²) >= 11 is 0. The van der Waals surface area contributed by atoms with Crippen LogP contribution >= 0.6 is 0 Å². The van der Waals surface area contributed by atoms with E-state index in [2.05, 4.69) is 20.3 Å². The fourth-order valence-corrected chi connectivity index (χ4v) is 2.68. The Bertz CT molecular complexity index is 643. The Morgan fingerprint density at radius 1 is 1.43 bits per heavy atom. The summed E-state index contributed by atoms with van der Waals surface area (Å²) in [6, 6.07) is 7.71. The van der Waals surface area contributed by atoms with Crippen LogP contribution in [0.2, 0.25) is 0 Å². The molecular weight excluding hydrogens is 294 g/mol. The molecule has 0 aliphatic carbocycles. The van der Waals surface area contributed by atoms with E-state index in [4.69, 9.17) is 4.74 Å². The zero-order valence-corrected chi connectivity index (χ0v) is 13.2. The molecule has 2 aromatic rings. The molecule has 2 aromatic heterocycles. The quantitative estimate of drug-likeness (QED) is 0.859. The molecule has 1 N–H and O–H groups in total. The van der Waals surface area contributed by atoms with Crippen molar-refractivity contribution in [1.29, 1.82) is 0 Å². The smallest absolute Gasteiger partial charge is 0.272 e. The van der Waals surface area contributed by atoms with Crippen LogP contribution in [0.1, 0.15) is 16.9 Å². The molecule has 122 valence electrons. The summed E-state index contributed by atoms with van der Waals surface area (Å²) in [4.78, 5) is 18.8. The molecule has 3 rings (SSSR count). The standard InChI is InChI=1S/C16H21N5O2/c1-23-11-10-21-9-6-14(19-21)16(22)18-13-5-8-20(12-13)15-4-2-3-7-17-15/h2-4,6-7,9,13H,5,8,10-12H2,1H3,(H,18,22). The first-order valence-electron chi connectivity index (χ1n) is 7.75. The van der Waals surface area contributed by atoms with Gasteiger partial charge in [0.2, 0.25) is 0 Å². The Morgan fingerprint density at radius 3 is 3.13 bits per heavy atom. The molecule has 0 aromatic carbocycles. The second kappa shape index (κ2) is 7.23. The molecule has 1 saturated heterocycles. The molecule has 1 amide bonds. The van der Waals surface area contributed by atoms with E-state index < -0.39 is 0 Å². The van der Waals surface area contributed by atoms with Gasteiger partial charge in [-0.2, -0.15) is 5.10 Å². The number of nitrogens with zero attached hydrogens (tertiary/aromatic N) is 4. The predicted molar refractivity (Wildman–Crippen MR) is 86.4 cm³/mol. The highest BCUT2D eigenvalue weighted by Crippen LogP contribution is 2.17. The number of amides is 1. The summed E-state index contributed by atoms with van der Waals surface area (Å²) in [7, 11) is 1.64. The zero-order valence-electron chi connectivity index (χ0n) is 13.2. The van der Waals surface area contributed by atoms with Gasteiger partial charge < -0.3 is 15.0 Å². The minimum Gasteiger partial charge on any atom is -0.383 e. The van der Waals surface area contributed by atoms with E-state index in [9.17, 15) is 4.79 Å². The summed E-state index contributed by atoms with van der Waals surface area (Å²) in [5.74, 6) is 0.821. The summed E-state index contributed by atoms with van der Waals surface area (Å²) in [6.07, 6.45) is 4.49. The van der Waals surface area contributed by atoms with Crippen molar-refractivity contribution in [3.05, 3.63) is 42.4 Å². The normalized spacial score (nSPS) is 17.4. The Balaban J connectivity index is 1.53. The van der Waals surface area contributed by atoms with E-state index in [-0.39, 0.29) is 11.9 Å². The second-order valence-corrected chi connectivity index (χ2v) is 5.55. The van der Waals surface area contributed by atoms with Gasteiger partial charge in [0.1, 0.15) is 11.5 Å². The van der Waals surface area contributed by atoms with Crippen LogP contribution in [0, 0.1) is 0 Å². The van der Waals surface area contributed by atoms with Crippen LogP contribution in [0.25, 0.3) is 0 Å². The summed E-state index contributed by atoms with van der Waals surface area (Å²) < 4.78 is 6.72. The molecule has 0 radical (unpaired) electrons. The number of nitrogens with one attached hydrogen (secondary N) is 1. The lowest BCUT2D eigenvalue weighted by molar-refractivity contribution is 0.0934. The van der Waals surface area contributed by atoms with Crippen molar-refractivity contribution in [2.24, 2.45) is 0 Å². The number of ether oxygens (including phenoxy) is 1. The second-order valence-electron chi connectivity index (χ2n) is 5.55. The molecule has 1 atom stereocenters. The van der Waals surface area contributed by atoms with Crippen LogP contribution in [-0.2, 0) is 11.3 Å². The van der Waals surface area contributed by atoms with Gasteiger partial charge >= 0.3 is 0 Å². The molecule has 1 aliphatic rings. The monoisotopic (exact) mass is 315 g/mol. The number of aromatic nitrogens is 3. The minimum atomic E-state index is -0.131. The number of rotatable bonds is 6. The van der Waals surface area contributed by atoms with Crippen molar-refractivity contribution in [2.75, 3.05) is 31.7 Å². The molecule has 1 unspecified atom stereocenters. The van der Waals surface area contributed by atoms with Gasteiger partial charge in [-0.15, -0.1) is 0 Å². The van der Waals surface area contributed by atoms with Gasteiger partial charge in [0.05, 0.1) is 13.2 Å². The molecule has 1 fully saturated rings. The molecule has 0 spiro atoms. The first kappa shape index (κ1) is 15.5. The average Bonchev–Trinajstić information content (AvgIpc) is 3.23. The first-order chi connectivity index (χ1) is 11.3. The van der Waals surface area contributed by atoms with Gasteiger partial charge in [0.25, 0.3) is 5.91 Å². The molecule has 7 heteroatoms. The van der Waals surface area contributed by atoms with Gasteiger partial charge in [-0.1, -0.05) is 6.07 Å². The molecule has 1 aliphatic heterocycles. The predicted octanol–water partition coefficient (Wildman–Crippen LogP) is 0.933. The number of hydrogen-bond donors (Lipinski definition) is 1. The lowest BCUT2D eigenvalue weighted by Gasteiger charge is -2.17. The van der Waals surface area contributed by atoms with Crippen molar-refractivity contribution >= 4 is 11.7 Å². The SMILES string of the molecule is COCCn1ccc(C(=O)NC2CCN(c3ccccn3)C2)n1. The van der Waals surface area contributed by atoms with Crippen molar-refractivity contribution in [1.82, 2.24) is 20.1 Å². The Morgan fingerprint density at radius 2 is 2.35 bits per heavy atom. The maximum absolute atomic E-state index is 12.3. The number of carbonyl (C=O) groups is 1. The molecule has 0 bridgehead atoms. The van der Waals surface area contributed by atoms with Crippen LogP contribution in [0.3, 0.4) is 0 Å². The Kier molecular flexibility index (Phi) is 4.87. The van der Waals surface area contributed by atoms with Crippen LogP contribution in [-0.4, -0.2) is 53.5 Å². The third-order valence-corrected chi connectivity index (χ3v) is 3.89. The highest BCUT2D eigenvalue weighted by molar-refractivity contribution is 5.92. The Labute approximate surface area is 135 Å². The highest BCUT2D eigenvalue weighted by atomic mass is 16.5. The molecule has 23 heavy (non-hydrogen) atoms. The van der Waals surface area contributed by atoms with E-state index >= 15 is 0 Å². The lowest BCUT2D eigenvalue weighted by atomic mass is 10.2. The molecule has 7 nitrogen and oxygen atoms in total. The number of carbonyl (C=O) groups excluding carboxylic acids is 1. The largest absolute Gasteiger partial charge is 0.383 e. The maximum atomic E-state index is 12.3. The van der Waals surface area contributed by atoms with E-state index in [0.717, 1.165) is 25.3 Å². The van der Waals surface area contributed by atoms with Crippen molar-refractivity contribution in [3.8, 4) is 0 Å². The van der Waals surface area contributed by atoms with E-state index in [1.54, 1.807) is 30.3 Å². The Hall–Kier alpha value is -2.41. The molecule has 0 saturated carbocycles. The highest BCUT2D eigenvalue weighted by Gasteiger charge is 2.25. The van der Waals surface area contributed by atoms with Crippen LogP contribution in [0.4, 0.5) is 5.82 Å². The fourth-order valence-electron chi connectivity index (χ4n) is 2.68. The van der Waals surface area contributed by atoms with Crippen LogP contribution in [0.5, 0.6) is 0 Å². The number of hydrogen-bond acceptors (Lipinski definition) is 5. The van der Waals surface area contributed by atoms with Crippen molar-refractivity contribution in [2.45, 2.75) is 19.0 Å². The number of anilines is 1. The first-order valence-corrected chi connectivity index (χ1v) is 7.75. The van der Waals surface area contributed by atoms with Crippen molar-refractivity contribution < 1.29 is 9.53 Å². The third-order valence-electron chi connectivity index (χ3n) is 3.89. The van der Waals surface area contributed by atoms with Gasteiger partial charge in [-0.05, 0) is 24.6 Å². The number of pyridine rings is 1. The van der Waals surface area contributed by atoms with Gasteiger partial charge in [0.15, 0.2) is 0 Å². The zero-order chi connectivity index (χ0) is 16.1.